The maximum atomic E-state index is 14.1. The summed E-state index contributed by atoms with van der Waals surface area (Å²) < 4.78 is 18.6. The number of furan rings is 1. The molecule has 0 N–H and O–H groups in total. The van der Waals surface area contributed by atoms with E-state index < -0.39 is 16.9 Å². The molecule has 0 fully saturated rings. The number of halogens is 1. The summed E-state index contributed by atoms with van der Waals surface area (Å²) >= 11 is 7.12. The first-order valence-corrected chi connectivity index (χ1v) is 14.9. The van der Waals surface area contributed by atoms with Gasteiger partial charge in [-0.25, -0.2) is 9.79 Å². The smallest absolute Gasteiger partial charge is 0.338 e. The molecule has 1 aliphatic rings. The molecule has 0 unspecified atom stereocenters. The number of hydrogen-bond donors (Lipinski definition) is 0. The SMILES string of the molecule is CCOC(=O)C1=C(c2ccccc2)N=c2s/c(=C\c3ccc(-c4ccc(Cl)c([N+](=O)[O-])c4)o3)c(=O)n2[C@H]1c1ccc(OC)cc1. The number of ether oxygens (including phenoxy) is 2. The quantitative estimate of drug-likeness (QED) is 0.120. The second-order valence-electron chi connectivity index (χ2n) is 9.83. The Hall–Kier alpha value is -5.26. The average molecular weight is 642 g/mol. The third kappa shape index (κ3) is 5.70. The van der Waals surface area contributed by atoms with Crippen molar-refractivity contribution < 1.29 is 23.6 Å². The fourth-order valence-corrected chi connectivity index (χ4v) is 6.23. The highest BCUT2D eigenvalue weighted by molar-refractivity contribution is 7.07. The number of aromatic nitrogens is 1. The Morgan fingerprint density at radius 3 is 2.53 bits per heavy atom. The minimum absolute atomic E-state index is 0.0140. The monoisotopic (exact) mass is 641 g/mol. The van der Waals surface area contributed by atoms with Crippen LogP contribution in [0.15, 0.2) is 105 Å². The standard InChI is InChI=1S/C33H24ClN3O7S/c1-3-43-32(39)28-29(19-7-5-4-6-8-19)35-33-36(30(28)20-9-12-22(42-2)13-10-20)31(38)27(45-33)18-23-14-16-26(44-23)21-11-15-24(34)25(17-21)37(40)41/h4-18,30H,3H2,1-2H3/b27-18-/t30-/m0/s1. The molecule has 0 aliphatic carbocycles. The Kier molecular flexibility index (Phi) is 8.20. The second-order valence-corrected chi connectivity index (χ2v) is 11.2. The van der Waals surface area contributed by atoms with E-state index in [1.807, 2.05) is 30.3 Å². The minimum atomic E-state index is -0.842. The molecule has 0 amide bonds. The highest BCUT2D eigenvalue weighted by Gasteiger charge is 2.35. The van der Waals surface area contributed by atoms with Crippen LogP contribution >= 0.6 is 22.9 Å². The van der Waals surface area contributed by atoms with Crippen molar-refractivity contribution in [2.75, 3.05) is 13.7 Å². The molecule has 2 aromatic heterocycles. The molecule has 3 aromatic carbocycles. The number of rotatable bonds is 8. The van der Waals surface area contributed by atoms with Crippen LogP contribution in [0.1, 0.15) is 29.9 Å². The van der Waals surface area contributed by atoms with Crippen molar-refractivity contribution in [3.05, 3.63) is 142 Å². The van der Waals surface area contributed by atoms with E-state index in [2.05, 4.69) is 0 Å². The van der Waals surface area contributed by atoms with Crippen molar-refractivity contribution in [3.63, 3.8) is 0 Å². The summed E-state index contributed by atoms with van der Waals surface area (Å²) in [7, 11) is 1.56. The predicted molar refractivity (Wildman–Crippen MR) is 170 cm³/mol. The Morgan fingerprint density at radius 2 is 1.84 bits per heavy atom. The van der Waals surface area contributed by atoms with Gasteiger partial charge >= 0.3 is 5.97 Å². The zero-order valence-electron chi connectivity index (χ0n) is 23.9. The molecule has 0 spiro atoms. The van der Waals surface area contributed by atoms with Crippen LogP contribution in [0.3, 0.4) is 0 Å². The van der Waals surface area contributed by atoms with Crippen LogP contribution in [-0.2, 0) is 9.53 Å². The number of carbonyl (C=O) groups excluding carboxylic acids is 1. The molecule has 3 heterocycles. The number of hydrogen-bond acceptors (Lipinski definition) is 9. The number of benzene rings is 3. The molecule has 45 heavy (non-hydrogen) atoms. The Balaban J connectivity index is 1.53. The van der Waals surface area contributed by atoms with Crippen LogP contribution in [0, 0.1) is 10.1 Å². The summed E-state index contributed by atoms with van der Waals surface area (Å²) in [5.74, 6) is 0.751. The number of carbonyl (C=O) groups is 1. The van der Waals surface area contributed by atoms with Crippen molar-refractivity contribution >= 4 is 46.4 Å². The van der Waals surface area contributed by atoms with Gasteiger partial charge in [0.25, 0.3) is 11.2 Å². The minimum Gasteiger partial charge on any atom is -0.497 e. The van der Waals surface area contributed by atoms with E-state index in [4.69, 9.17) is 30.5 Å². The van der Waals surface area contributed by atoms with E-state index >= 15 is 0 Å². The van der Waals surface area contributed by atoms with Crippen LogP contribution in [0.25, 0.3) is 23.1 Å². The van der Waals surface area contributed by atoms with Crippen LogP contribution in [-0.4, -0.2) is 29.2 Å². The van der Waals surface area contributed by atoms with E-state index in [0.29, 0.717) is 49.0 Å². The number of methoxy groups -OCH3 is 1. The third-order valence-electron chi connectivity index (χ3n) is 7.13. The molecule has 6 rings (SSSR count). The predicted octanol–water partition coefficient (Wildman–Crippen LogP) is 5.77. The summed E-state index contributed by atoms with van der Waals surface area (Å²) in [6.07, 6.45) is 1.58. The first-order valence-electron chi connectivity index (χ1n) is 13.8. The lowest BCUT2D eigenvalue weighted by Gasteiger charge is -2.26. The summed E-state index contributed by atoms with van der Waals surface area (Å²) in [6.45, 7) is 1.86. The van der Waals surface area contributed by atoms with Crippen molar-refractivity contribution in [2.24, 2.45) is 4.99 Å². The zero-order chi connectivity index (χ0) is 31.7. The highest BCUT2D eigenvalue weighted by Crippen LogP contribution is 2.36. The number of fused-ring (bicyclic) bond motifs is 1. The van der Waals surface area contributed by atoms with Crippen molar-refractivity contribution in [3.8, 4) is 17.1 Å². The lowest BCUT2D eigenvalue weighted by Crippen LogP contribution is -2.40. The Bertz CT molecular complexity index is 2150. The molecule has 5 aromatic rings. The van der Waals surface area contributed by atoms with Crippen molar-refractivity contribution in [1.82, 2.24) is 4.57 Å². The number of nitrogens with zero attached hydrogens (tertiary/aromatic N) is 3. The van der Waals surface area contributed by atoms with E-state index in [1.165, 1.54) is 16.7 Å². The topological polar surface area (TPSA) is 126 Å². The lowest BCUT2D eigenvalue weighted by atomic mass is 9.93. The summed E-state index contributed by atoms with van der Waals surface area (Å²) in [4.78, 5) is 43.7. The second kappa shape index (κ2) is 12.4. The number of esters is 1. The van der Waals surface area contributed by atoms with Gasteiger partial charge in [-0.2, -0.15) is 0 Å². The van der Waals surface area contributed by atoms with Gasteiger partial charge in [-0.1, -0.05) is 65.4 Å². The van der Waals surface area contributed by atoms with Gasteiger partial charge in [-0.3, -0.25) is 19.5 Å². The largest absolute Gasteiger partial charge is 0.497 e. The van der Waals surface area contributed by atoms with Gasteiger partial charge in [0.1, 0.15) is 22.3 Å². The fraction of sp³-hybridized carbons (Fsp3) is 0.121. The Labute approximate surface area is 264 Å². The first kappa shape index (κ1) is 29.8. The summed E-state index contributed by atoms with van der Waals surface area (Å²) in [6, 6.07) is 23.3. The molecule has 0 saturated heterocycles. The molecule has 1 atom stereocenters. The number of thiazole rings is 1. The van der Waals surface area contributed by atoms with Crippen LogP contribution in [0.2, 0.25) is 5.02 Å². The average Bonchev–Trinajstić information content (AvgIpc) is 3.65. The summed E-state index contributed by atoms with van der Waals surface area (Å²) in [5, 5.41) is 11.4. The van der Waals surface area contributed by atoms with E-state index in [-0.39, 0.29) is 28.4 Å². The first-order chi connectivity index (χ1) is 21.8. The molecule has 1 aliphatic heterocycles. The highest BCUT2D eigenvalue weighted by atomic mass is 35.5. The van der Waals surface area contributed by atoms with E-state index in [1.54, 1.807) is 62.6 Å². The fourth-order valence-electron chi connectivity index (χ4n) is 5.06. The van der Waals surface area contributed by atoms with Gasteiger partial charge in [0.2, 0.25) is 0 Å². The van der Waals surface area contributed by atoms with Gasteiger partial charge in [0.15, 0.2) is 4.80 Å². The molecule has 226 valence electrons. The molecule has 0 bridgehead atoms. The molecular weight excluding hydrogens is 618 g/mol. The van der Waals surface area contributed by atoms with E-state index in [9.17, 15) is 19.7 Å². The molecular formula is C33H24ClN3O7S. The Morgan fingerprint density at radius 1 is 1.09 bits per heavy atom. The summed E-state index contributed by atoms with van der Waals surface area (Å²) in [5.41, 5.74) is 1.84. The zero-order valence-corrected chi connectivity index (χ0v) is 25.5. The normalized spacial score (nSPS) is 14.6. The van der Waals surface area contributed by atoms with Gasteiger partial charge in [-0.05, 0) is 48.9 Å². The van der Waals surface area contributed by atoms with Gasteiger partial charge in [-0.15, -0.1) is 0 Å². The lowest BCUT2D eigenvalue weighted by molar-refractivity contribution is -0.384. The maximum absolute atomic E-state index is 14.1. The van der Waals surface area contributed by atoms with Crippen LogP contribution in [0.5, 0.6) is 5.75 Å². The molecule has 0 saturated carbocycles. The van der Waals surface area contributed by atoms with Gasteiger partial charge < -0.3 is 13.9 Å². The van der Waals surface area contributed by atoms with E-state index in [0.717, 1.165) is 11.3 Å². The van der Waals surface area contributed by atoms with Gasteiger partial charge in [0, 0.05) is 23.3 Å². The molecule has 10 nitrogen and oxygen atoms in total. The third-order valence-corrected chi connectivity index (χ3v) is 8.44. The van der Waals surface area contributed by atoms with Crippen molar-refractivity contribution in [2.45, 2.75) is 13.0 Å². The molecule has 0 radical (unpaired) electrons. The van der Waals surface area contributed by atoms with Crippen LogP contribution < -0.4 is 19.6 Å². The van der Waals surface area contributed by atoms with Crippen molar-refractivity contribution in [1.29, 1.82) is 0 Å². The maximum Gasteiger partial charge on any atom is 0.338 e. The number of nitro benzene ring substituents is 1. The molecule has 12 heteroatoms. The van der Waals surface area contributed by atoms with Gasteiger partial charge in [0.05, 0.1) is 40.5 Å². The number of nitro groups is 1. The van der Waals surface area contributed by atoms with Crippen LogP contribution in [0.4, 0.5) is 5.69 Å².